The summed E-state index contributed by atoms with van der Waals surface area (Å²) in [5.74, 6) is -0.474. The molecule has 1 aromatic heterocycles. The van der Waals surface area contributed by atoms with Crippen LogP contribution in [0.25, 0.3) is 0 Å². The summed E-state index contributed by atoms with van der Waals surface area (Å²) >= 11 is 0. The Balaban J connectivity index is 2.41. The molecular formula is C10H15NO4. The van der Waals surface area contributed by atoms with E-state index in [2.05, 4.69) is 5.48 Å². The first-order valence-corrected chi connectivity index (χ1v) is 4.60. The molecule has 0 amide bonds. The number of nitrogens with one attached hydrogen (secondary N) is 1. The lowest BCUT2D eigenvalue weighted by Crippen LogP contribution is -2.28. The van der Waals surface area contributed by atoms with Crippen LogP contribution in [0.1, 0.15) is 36.9 Å². The lowest BCUT2D eigenvalue weighted by molar-refractivity contribution is -0.0775. The van der Waals surface area contributed by atoms with Gasteiger partial charge in [0.15, 0.2) is 0 Å². The van der Waals surface area contributed by atoms with Gasteiger partial charge in [-0.1, -0.05) is 0 Å². The quantitative estimate of drug-likeness (QED) is 0.746. The van der Waals surface area contributed by atoms with Crippen LogP contribution in [-0.2, 0) is 11.4 Å². The van der Waals surface area contributed by atoms with Gasteiger partial charge in [0.2, 0.25) is 0 Å². The topological polar surface area (TPSA) is 71.7 Å². The Morgan fingerprint density at radius 1 is 1.60 bits per heavy atom. The second-order valence-electron chi connectivity index (χ2n) is 4.14. The van der Waals surface area contributed by atoms with Crippen LogP contribution in [0.5, 0.6) is 0 Å². The van der Waals surface area contributed by atoms with Gasteiger partial charge in [-0.3, -0.25) is 4.84 Å². The molecule has 15 heavy (non-hydrogen) atoms. The molecule has 0 aliphatic rings. The maximum absolute atomic E-state index is 10.5. The van der Waals surface area contributed by atoms with Gasteiger partial charge in [0.05, 0.1) is 17.7 Å². The van der Waals surface area contributed by atoms with Crippen molar-refractivity contribution in [3.63, 3.8) is 0 Å². The third-order valence-electron chi connectivity index (χ3n) is 1.53. The highest BCUT2D eigenvalue weighted by Crippen LogP contribution is 2.09. The number of furan rings is 1. The lowest BCUT2D eigenvalue weighted by Gasteiger charge is -2.18. The number of hydrogen-bond acceptors (Lipinski definition) is 4. The summed E-state index contributed by atoms with van der Waals surface area (Å²) in [5, 5.41) is 8.64. The second kappa shape index (κ2) is 4.46. The van der Waals surface area contributed by atoms with Crippen LogP contribution >= 0.6 is 0 Å². The van der Waals surface area contributed by atoms with E-state index in [1.54, 1.807) is 0 Å². The fourth-order valence-electron chi connectivity index (χ4n) is 0.909. The molecule has 1 heterocycles. The Morgan fingerprint density at radius 2 is 2.27 bits per heavy atom. The molecule has 0 fully saturated rings. The molecule has 0 aliphatic carbocycles. The molecule has 0 aromatic carbocycles. The van der Waals surface area contributed by atoms with Gasteiger partial charge in [-0.2, -0.15) is 5.48 Å². The van der Waals surface area contributed by atoms with E-state index in [0.717, 1.165) is 0 Å². The van der Waals surface area contributed by atoms with Crippen molar-refractivity contribution in [3.8, 4) is 0 Å². The molecule has 0 radical (unpaired) electrons. The van der Waals surface area contributed by atoms with Crippen molar-refractivity contribution in [1.82, 2.24) is 5.48 Å². The maximum atomic E-state index is 10.5. The number of hydroxylamine groups is 1. The Morgan fingerprint density at radius 3 is 2.73 bits per heavy atom. The molecule has 0 saturated heterocycles. The van der Waals surface area contributed by atoms with E-state index >= 15 is 0 Å². The minimum atomic E-state index is -0.998. The molecule has 0 spiro atoms. The third kappa shape index (κ3) is 4.14. The van der Waals surface area contributed by atoms with Gasteiger partial charge in [-0.15, -0.1) is 0 Å². The van der Waals surface area contributed by atoms with E-state index in [9.17, 15) is 4.79 Å². The number of carbonyl (C=O) groups is 1. The van der Waals surface area contributed by atoms with Crippen molar-refractivity contribution in [2.24, 2.45) is 0 Å². The summed E-state index contributed by atoms with van der Waals surface area (Å²) in [4.78, 5) is 15.8. The average molecular weight is 213 g/mol. The predicted molar refractivity (Wildman–Crippen MR) is 53.3 cm³/mol. The smallest absolute Gasteiger partial charge is 0.338 e. The van der Waals surface area contributed by atoms with Crippen LogP contribution in [-0.4, -0.2) is 16.7 Å². The summed E-state index contributed by atoms with van der Waals surface area (Å²) in [7, 11) is 0. The van der Waals surface area contributed by atoms with E-state index in [1.165, 1.54) is 12.3 Å². The van der Waals surface area contributed by atoms with Crippen molar-refractivity contribution in [2.45, 2.75) is 32.9 Å². The number of rotatable bonds is 4. The van der Waals surface area contributed by atoms with Gasteiger partial charge in [0.1, 0.15) is 12.0 Å². The van der Waals surface area contributed by atoms with Crippen LogP contribution in [0.15, 0.2) is 16.7 Å². The van der Waals surface area contributed by atoms with E-state index in [4.69, 9.17) is 14.4 Å². The molecule has 5 nitrogen and oxygen atoms in total. The molecule has 0 unspecified atom stereocenters. The molecule has 0 bridgehead atoms. The van der Waals surface area contributed by atoms with Crippen LogP contribution in [0, 0.1) is 0 Å². The standard InChI is InChI=1S/C10H15NO4/c1-10(2,3)15-11-5-8-4-7(6-14-8)9(12)13/h4,6,11H,5H2,1-3H3,(H,12,13). The van der Waals surface area contributed by atoms with Crippen LogP contribution in [0.4, 0.5) is 0 Å². The first kappa shape index (κ1) is 11.7. The van der Waals surface area contributed by atoms with Gasteiger partial charge in [0, 0.05) is 0 Å². The van der Waals surface area contributed by atoms with Gasteiger partial charge in [0.25, 0.3) is 0 Å². The summed E-state index contributed by atoms with van der Waals surface area (Å²) < 4.78 is 5.02. The van der Waals surface area contributed by atoms with Crippen molar-refractivity contribution in [3.05, 3.63) is 23.7 Å². The van der Waals surface area contributed by atoms with E-state index in [1.807, 2.05) is 20.8 Å². The number of aromatic carboxylic acids is 1. The van der Waals surface area contributed by atoms with E-state index in [0.29, 0.717) is 12.3 Å². The summed E-state index contributed by atoms with van der Waals surface area (Å²) in [6, 6.07) is 1.46. The second-order valence-corrected chi connectivity index (χ2v) is 4.14. The van der Waals surface area contributed by atoms with Crippen molar-refractivity contribution >= 4 is 5.97 Å². The molecule has 0 atom stereocenters. The fourth-order valence-corrected chi connectivity index (χ4v) is 0.909. The van der Waals surface area contributed by atoms with Gasteiger partial charge >= 0.3 is 5.97 Å². The van der Waals surface area contributed by atoms with Gasteiger partial charge in [-0.05, 0) is 26.8 Å². The highest BCUT2D eigenvalue weighted by molar-refractivity contribution is 5.87. The molecule has 1 rings (SSSR count). The Labute approximate surface area is 88.0 Å². The number of carboxylic acids is 1. The highest BCUT2D eigenvalue weighted by atomic mass is 16.7. The molecule has 5 heteroatoms. The molecule has 84 valence electrons. The van der Waals surface area contributed by atoms with Crippen LogP contribution in [0.3, 0.4) is 0 Å². The highest BCUT2D eigenvalue weighted by Gasteiger charge is 2.11. The number of carboxylic acid groups (broad SMARTS) is 1. The van der Waals surface area contributed by atoms with Gasteiger partial charge in [-0.25, -0.2) is 4.79 Å². The Kier molecular flexibility index (Phi) is 3.49. The Bertz CT molecular complexity index is 337. The zero-order valence-electron chi connectivity index (χ0n) is 9.03. The van der Waals surface area contributed by atoms with Crippen molar-refractivity contribution < 1.29 is 19.2 Å². The first-order chi connectivity index (χ1) is 6.88. The fraction of sp³-hybridized carbons (Fsp3) is 0.500. The minimum absolute atomic E-state index is 0.141. The zero-order valence-corrected chi connectivity index (χ0v) is 9.03. The average Bonchev–Trinajstić information content (AvgIpc) is 2.50. The molecule has 0 saturated carbocycles. The summed E-state index contributed by atoms with van der Waals surface area (Å²) in [6.07, 6.45) is 1.20. The monoisotopic (exact) mass is 213 g/mol. The van der Waals surface area contributed by atoms with Crippen molar-refractivity contribution in [2.75, 3.05) is 0 Å². The van der Waals surface area contributed by atoms with Gasteiger partial charge < -0.3 is 9.52 Å². The van der Waals surface area contributed by atoms with E-state index in [-0.39, 0.29) is 11.2 Å². The number of hydrogen-bond donors (Lipinski definition) is 2. The van der Waals surface area contributed by atoms with Crippen LogP contribution < -0.4 is 5.48 Å². The molecule has 0 aliphatic heterocycles. The summed E-state index contributed by atoms with van der Waals surface area (Å²) in [5.41, 5.74) is 2.56. The third-order valence-corrected chi connectivity index (χ3v) is 1.53. The molecule has 1 aromatic rings. The maximum Gasteiger partial charge on any atom is 0.338 e. The normalized spacial score (nSPS) is 11.7. The minimum Gasteiger partial charge on any atom is -0.478 e. The predicted octanol–water partition coefficient (Wildman–Crippen LogP) is 1.80. The lowest BCUT2D eigenvalue weighted by atomic mass is 10.2. The largest absolute Gasteiger partial charge is 0.478 e. The molecule has 2 N–H and O–H groups in total. The Hall–Kier alpha value is -1.33. The van der Waals surface area contributed by atoms with E-state index < -0.39 is 5.97 Å². The summed E-state index contributed by atoms with van der Waals surface area (Å²) in [6.45, 7) is 6.06. The van der Waals surface area contributed by atoms with Crippen LogP contribution in [0.2, 0.25) is 0 Å². The molecular weight excluding hydrogens is 198 g/mol. The SMILES string of the molecule is CC(C)(C)ONCc1cc(C(=O)O)co1. The first-order valence-electron chi connectivity index (χ1n) is 4.60. The van der Waals surface area contributed by atoms with Crippen molar-refractivity contribution in [1.29, 1.82) is 0 Å². The zero-order chi connectivity index (χ0) is 11.5.